The number of carbonyl (C=O) groups excluding carboxylic acids is 2. The molecule has 0 unspecified atom stereocenters. The van der Waals surface area contributed by atoms with Crippen molar-refractivity contribution < 1.29 is 18.0 Å². The van der Waals surface area contributed by atoms with Crippen molar-refractivity contribution in [3.05, 3.63) is 35.4 Å². The van der Waals surface area contributed by atoms with Crippen LogP contribution in [0, 0.1) is 5.92 Å². The Morgan fingerprint density at radius 3 is 2.22 bits per heavy atom. The number of sulfonamides is 1. The Kier molecular flexibility index (Phi) is 7.79. The van der Waals surface area contributed by atoms with E-state index in [0.29, 0.717) is 12.1 Å². The largest absolute Gasteiger partial charge is 0.350 e. The standard InChI is InChI=1S/C19H29N3O4S/c1-14(2)22-27(25,26)13-16-9-7-15(8-10-16)11-20-18(23)12-21-19(24)17-5-3-4-6-17/h7-10,14,17,22H,3-6,11-13H2,1-2H3,(H,20,23)(H,21,24). The number of nitrogens with one attached hydrogen (secondary N) is 3. The molecule has 0 spiro atoms. The van der Waals surface area contributed by atoms with Crippen molar-refractivity contribution in [1.29, 1.82) is 0 Å². The number of hydrogen-bond donors (Lipinski definition) is 3. The lowest BCUT2D eigenvalue weighted by molar-refractivity contribution is -0.128. The van der Waals surface area contributed by atoms with Gasteiger partial charge in [0.25, 0.3) is 0 Å². The predicted molar refractivity (Wildman–Crippen MR) is 104 cm³/mol. The van der Waals surface area contributed by atoms with Crippen LogP contribution in [0.25, 0.3) is 0 Å². The summed E-state index contributed by atoms with van der Waals surface area (Å²) in [5, 5.41) is 5.44. The summed E-state index contributed by atoms with van der Waals surface area (Å²) in [4.78, 5) is 23.8. The molecule has 0 radical (unpaired) electrons. The highest BCUT2D eigenvalue weighted by Gasteiger charge is 2.22. The van der Waals surface area contributed by atoms with Gasteiger partial charge in [-0.3, -0.25) is 9.59 Å². The monoisotopic (exact) mass is 395 g/mol. The first-order valence-corrected chi connectivity index (χ1v) is 11.0. The van der Waals surface area contributed by atoms with Crippen molar-refractivity contribution >= 4 is 21.8 Å². The van der Waals surface area contributed by atoms with Crippen LogP contribution >= 0.6 is 0 Å². The number of benzene rings is 1. The summed E-state index contributed by atoms with van der Waals surface area (Å²) in [6.07, 6.45) is 3.97. The maximum atomic E-state index is 11.9. The third-order valence-electron chi connectivity index (χ3n) is 4.43. The summed E-state index contributed by atoms with van der Waals surface area (Å²) < 4.78 is 26.4. The molecule has 27 heavy (non-hydrogen) atoms. The van der Waals surface area contributed by atoms with E-state index in [-0.39, 0.29) is 36.1 Å². The molecule has 1 aliphatic carbocycles. The highest BCUT2D eigenvalue weighted by molar-refractivity contribution is 7.88. The molecule has 1 saturated carbocycles. The van der Waals surface area contributed by atoms with E-state index in [0.717, 1.165) is 31.2 Å². The van der Waals surface area contributed by atoms with E-state index in [1.165, 1.54) is 0 Å². The van der Waals surface area contributed by atoms with Crippen molar-refractivity contribution in [3.8, 4) is 0 Å². The van der Waals surface area contributed by atoms with E-state index in [1.54, 1.807) is 38.1 Å². The smallest absolute Gasteiger partial charge is 0.239 e. The van der Waals surface area contributed by atoms with Gasteiger partial charge in [-0.1, -0.05) is 37.1 Å². The van der Waals surface area contributed by atoms with Crippen LogP contribution in [0.5, 0.6) is 0 Å². The molecule has 1 aromatic rings. The Bertz CT molecular complexity index is 739. The summed E-state index contributed by atoms with van der Waals surface area (Å²) in [6, 6.07) is 6.92. The first kappa shape index (κ1) is 21.4. The molecule has 7 nitrogen and oxygen atoms in total. The van der Waals surface area contributed by atoms with Gasteiger partial charge in [0.05, 0.1) is 12.3 Å². The molecule has 1 aliphatic rings. The van der Waals surface area contributed by atoms with E-state index in [4.69, 9.17) is 0 Å². The highest BCUT2D eigenvalue weighted by atomic mass is 32.2. The van der Waals surface area contributed by atoms with Gasteiger partial charge in [-0.2, -0.15) is 0 Å². The van der Waals surface area contributed by atoms with Crippen molar-refractivity contribution in [2.75, 3.05) is 6.54 Å². The fraction of sp³-hybridized carbons (Fsp3) is 0.579. The molecule has 3 N–H and O–H groups in total. The molecular weight excluding hydrogens is 366 g/mol. The summed E-state index contributed by atoms with van der Waals surface area (Å²) in [7, 11) is -3.36. The number of rotatable bonds is 9. The van der Waals surface area contributed by atoms with Crippen molar-refractivity contribution in [1.82, 2.24) is 15.4 Å². The molecule has 0 bridgehead atoms. The van der Waals surface area contributed by atoms with Crippen LogP contribution in [0.1, 0.15) is 50.7 Å². The molecule has 1 fully saturated rings. The van der Waals surface area contributed by atoms with Gasteiger partial charge in [0.15, 0.2) is 0 Å². The molecule has 0 aliphatic heterocycles. The summed E-state index contributed by atoms with van der Waals surface area (Å²) in [5.74, 6) is -0.311. The number of amides is 2. The first-order chi connectivity index (χ1) is 12.7. The first-order valence-electron chi connectivity index (χ1n) is 9.37. The molecule has 0 heterocycles. The van der Waals surface area contributed by atoms with Gasteiger partial charge < -0.3 is 10.6 Å². The van der Waals surface area contributed by atoms with Gasteiger partial charge >= 0.3 is 0 Å². The zero-order chi connectivity index (χ0) is 19.9. The molecule has 0 aromatic heterocycles. The maximum Gasteiger partial charge on any atom is 0.239 e. The van der Waals surface area contributed by atoms with Crippen LogP contribution < -0.4 is 15.4 Å². The van der Waals surface area contributed by atoms with Gasteiger partial charge in [0, 0.05) is 18.5 Å². The minimum atomic E-state index is -3.36. The average molecular weight is 396 g/mol. The van der Waals surface area contributed by atoms with Gasteiger partial charge in [-0.25, -0.2) is 13.1 Å². The fourth-order valence-electron chi connectivity index (χ4n) is 3.14. The zero-order valence-corrected chi connectivity index (χ0v) is 16.8. The van der Waals surface area contributed by atoms with Crippen molar-refractivity contribution in [3.63, 3.8) is 0 Å². The van der Waals surface area contributed by atoms with Crippen molar-refractivity contribution in [2.45, 2.75) is 57.9 Å². The highest BCUT2D eigenvalue weighted by Crippen LogP contribution is 2.24. The molecule has 150 valence electrons. The van der Waals surface area contributed by atoms with Crippen LogP contribution in [0.15, 0.2) is 24.3 Å². The topological polar surface area (TPSA) is 104 Å². The second-order valence-electron chi connectivity index (χ2n) is 7.32. The Hall–Kier alpha value is -1.93. The fourth-order valence-corrected chi connectivity index (χ4v) is 4.57. The molecule has 8 heteroatoms. The second-order valence-corrected chi connectivity index (χ2v) is 9.08. The van der Waals surface area contributed by atoms with Crippen molar-refractivity contribution in [2.24, 2.45) is 5.92 Å². The van der Waals surface area contributed by atoms with Crippen LogP contribution in [-0.4, -0.2) is 32.8 Å². The average Bonchev–Trinajstić information content (AvgIpc) is 3.12. The van der Waals surface area contributed by atoms with Gasteiger partial charge in [-0.05, 0) is 37.8 Å². The maximum absolute atomic E-state index is 11.9. The lowest BCUT2D eigenvalue weighted by Gasteiger charge is -2.11. The van der Waals surface area contributed by atoms with E-state index in [2.05, 4.69) is 15.4 Å². The van der Waals surface area contributed by atoms with E-state index in [9.17, 15) is 18.0 Å². The lowest BCUT2D eigenvalue weighted by Crippen LogP contribution is -2.38. The minimum absolute atomic E-state index is 0.0213. The normalized spacial score (nSPS) is 15.1. The van der Waals surface area contributed by atoms with Crippen LogP contribution in [0.4, 0.5) is 0 Å². The van der Waals surface area contributed by atoms with E-state index < -0.39 is 10.0 Å². The summed E-state index contributed by atoms with van der Waals surface area (Å²) in [6.45, 7) is 3.86. The Morgan fingerprint density at radius 1 is 1.04 bits per heavy atom. The molecule has 1 aromatic carbocycles. The minimum Gasteiger partial charge on any atom is -0.350 e. The quantitative estimate of drug-likeness (QED) is 0.588. The van der Waals surface area contributed by atoms with E-state index >= 15 is 0 Å². The van der Waals surface area contributed by atoms with Gasteiger partial charge in [-0.15, -0.1) is 0 Å². The van der Waals surface area contributed by atoms with Crippen LogP contribution in [-0.2, 0) is 31.9 Å². The van der Waals surface area contributed by atoms with Crippen LogP contribution in [0.2, 0.25) is 0 Å². The molecular formula is C19H29N3O4S. The molecule has 0 saturated heterocycles. The lowest BCUT2D eigenvalue weighted by atomic mass is 10.1. The Labute approximate surface area is 161 Å². The van der Waals surface area contributed by atoms with Crippen LogP contribution in [0.3, 0.4) is 0 Å². The van der Waals surface area contributed by atoms with E-state index in [1.807, 2.05) is 0 Å². The van der Waals surface area contributed by atoms with Gasteiger partial charge in [0.1, 0.15) is 0 Å². The Balaban J connectivity index is 1.74. The third-order valence-corrected chi connectivity index (χ3v) is 5.98. The Morgan fingerprint density at radius 2 is 1.63 bits per heavy atom. The molecule has 0 atom stereocenters. The number of hydrogen-bond acceptors (Lipinski definition) is 4. The summed E-state index contributed by atoms with van der Waals surface area (Å²) in [5.41, 5.74) is 1.55. The molecule has 2 rings (SSSR count). The summed E-state index contributed by atoms with van der Waals surface area (Å²) >= 11 is 0. The van der Waals surface area contributed by atoms with Gasteiger partial charge in [0.2, 0.25) is 21.8 Å². The SMILES string of the molecule is CC(C)NS(=O)(=O)Cc1ccc(CNC(=O)CNC(=O)C2CCCC2)cc1. The number of carbonyl (C=O) groups is 2. The predicted octanol–water partition coefficient (Wildman–Crippen LogP) is 1.44. The zero-order valence-electron chi connectivity index (χ0n) is 16.0. The second kappa shape index (κ2) is 9.85. The molecule has 2 amide bonds. The third kappa shape index (κ3) is 7.68.